The Kier molecular flexibility index (Phi) is 4.94. The summed E-state index contributed by atoms with van der Waals surface area (Å²) in [5.41, 5.74) is 16.9. The van der Waals surface area contributed by atoms with Crippen LogP contribution in [0.25, 0.3) is 21.9 Å². The normalized spacial score (nSPS) is 10.7. The minimum absolute atomic E-state index is 0.0746. The summed E-state index contributed by atoms with van der Waals surface area (Å²) in [4.78, 5) is 12.9. The lowest BCUT2D eigenvalue weighted by Crippen LogP contribution is -2.15. The van der Waals surface area contributed by atoms with Crippen molar-refractivity contribution in [2.45, 2.75) is 6.92 Å². The van der Waals surface area contributed by atoms with Crippen molar-refractivity contribution >= 4 is 33.9 Å². The summed E-state index contributed by atoms with van der Waals surface area (Å²) < 4.78 is 0. The first-order valence-electron chi connectivity index (χ1n) is 9.58. The Morgan fingerprint density at radius 1 is 0.933 bits per heavy atom. The van der Waals surface area contributed by atoms with E-state index in [4.69, 9.17) is 16.9 Å². The molecule has 5 nitrogen and oxygen atoms in total. The van der Waals surface area contributed by atoms with Crippen molar-refractivity contribution in [3.8, 4) is 11.1 Å². The molecule has 0 aliphatic carbocycles. The number of nitrogen functional groups attached to an aromatic ring is 2. The van der Waals surface area contributed by atoms with E-state index < -0.39 is 0 Å². The summed E-state index contributed by atoms with van der Waals surface area (Å²) in [7, 11) is 0. The number of fused-ring (bicyclic) bond motifs is 1. The van der Waals surface area contributed by atoms with Crippen molar-refractivity contribution in [2.24, 2.45) is 5.73 Å². The molecular formula is C25H22N4O. The van der Waals surface area contributed by atoms with E-state index >= 15 is 0 Å². The number of nitrogens with two attached hydrogens (primary N) is 2. The minimum Gasteiger partial charge on any atom is -0.398 e. The average Bonchev–Trinajstić information content (AvgIpc) is 2.72. The molecule has 1 amide bonds. The largest absolute Gasteiger partial charge is 0.398 e. The number of nitrogens with one attached hydrogen (secondary N) is 2. The zero-order valence-corrected chi connectivity index (χ0v) is 16.6. The zero-order valence-electron chi connectivity index (χ0n) is 16.6. The molecule has 4 aromatic carbocycles. The average molecular weight is 394 g/mol. The van der Waals surface area contributed by atoms with E-state index in [-0.39, 0.29) is 11.7 Å². The molecule has 0 saturated carbocycles. The van der Waals surface area contributed by atoms with Crippen LogP contribution < -0.4 is 16.8 Å². The van der Waals surface area contributed by atoms with Crippen LogP contribution in [0.15, 0.2) is 78.9 Å². The van der Waals surface area contributed by atoms with Gasteiger partial charge in [-0.2, -0.15) is 0 Å². The molecule has 0 heterocycles. The van der Waals surface area contributed by atoms with E-state index in [1.807, 2.05) is 79.7 Å². The second-order valence-electron chi connectivity index (χ2n) is 7.25. The third-order valence-electron chi connectivity index (χ3n) is 5.08. The third kappa shape index (κ3) is 3.61. The predicted octanol–water partition coefficient (Wildman–Crippen LogP) is 4.93. The zero-order chi connectivity index (χ0) is 21.3. The molecule has 0 aliphatic heterocycles. The van der Waals surface area contributed by atoms with Gasteiger partial charge < -0.3 is 16.8 Å². The number of amidine groups is 1. The van der Waals surface area contributed by atoms with Crippen molar-refractivity contribution in [2.75, 3.05) is 11.1 Å². The van der Waals surface area contributed by atoms with E-state index in [0.29, 0.717) is 16.8 Å². The molecule has 0 atom stereocenters. The van der Waals surface area contributed by atoms with Crippen molar-refractivity contribution < 1.29 is 4.79 Å². The fourth-order valence-electron chi connectivity index (χ4n) is 3.68. The van der Waals surface area contributed by atoms with Crippen molar-refractivity contribution in [1.29, 1.82) is 5.41 Å². The number of benzene rings is 4. The second-order valence-corrected chi connectivity index (χ2v) is 7.25. The Morgan fingerprint density at radius 3 is 2.47 bits per heavy atom. The number of amides is 1. The van der Waals surface area contributed by atoms with Gasteiger partial charge in [-0.15, -0.1) is 0 Å². The van der Waals surface area contributed by atoms with Crippen LogP contribution in [0.5, 0.6) is 0 Å². The Bertz CT molecular complexity index is 1290. The van der Waals surface area contributed by atoms with Crippen LogP contribution in [0.2, 0.25) is 0 Å². The number of hydrogen-bond donors (Lipinski definition) is 4. The molecule has 0 spiro atoms. The molecule has 30 heavy (non-hydrogen) atoms. The fraction of sp³-hybridized carbons (Fsp3) is 0.0400. The molecule has 0 saturated heterocycles. The van der Waals surface area contributed by atoms with E-state index in [9.17, 15) is 4.79 Å². The summed E-state index contributed by atoms with van der Waals surface area (Å²) in [5, 5.41) is 12.6. The summed E-state index contributed by atoms with van der Waals surface area (Å²) in [5.74, 6) is -0.234. The molecule has 148 valence electrons. The van der Waals surface area contributed by atoms with E-state index in [2.05, 4.69) is 5.32 Å². The summed E-state index contributed by atoms with van der Waals surface area (Å²) in [6.07, 6.45) is 0. The molecule has 0 radical (unpaired) electrons. The van der Waals surface area contributed by atoms with Crippen molar-refractivity contribution in [3.63, 3.8) is 0 Å². The van der Waals surface area contributed by atoms with Gasteiger partial charge in [0.1, 0.15) is 5.84 Å². The monoisotopic (exact) mass is 394 g/mol. The van der Waals surface area contributed by atoms with Crippen LogP contribution in [0.4, 0.5) is 11.4 Å². The minimum atomic E-state index is -0.160. The van der Waals surface area contributed by atoms with Gasteiger partial charge in [0, 0.05) is 22.5 Å². The number of rotatable bonds is 4. The van der Waals surface area contributed by atoms with Gasteiger partial charge in [-0.05, 0) is 64.7 Å². The maximum Gasteiger partial charge on any atom is 0.256 e. The number of carbonyl (C=O) groups excluding carboxylic acids is 1. The van der Waals surface area contributed by atoms with Crippen LogP contribution >= 0.6 is 0 Å². The smallest absolute Gasteiger partial charge is 0.256 e. The lowest BCUT2D eigenvalue weighted by Gasteiger charge is -2.13. The number of anilines is 2. The fourth-order valence-corrected chi connectivity index (χ4v) is 3.68. The lowest BCUT2D eigenvalue weighted by molar-refractivity contribution is 0.102. The van der Waals surface area contributed by atoms with Crippen LogP contribution in [0.1, 0.15) is 21.5 Å². The first-order valence-corrected chi connectivity index (χ1v) is 9.58. The van der Waals surface area contributed by atoms with Gasteiger partial charge in [0.05, 0.1) is 0 Å². The Hall–Kier alpha value is -4.12. The molecular weight excluding hydrogens is 372 g/mol. The van der Waals surface area contributed by atoms with Gasteiger partial charge in [0.25, 0.3) is 5.91 Å². The molecule has 4 rings (SSSR count). The van der Waals surface area contributed by atoms with E-state index in [1.54, 1.807) is 6.07 Å². The topological polar surface area (TPSA) is 105 Å². The highest BCUT2D eigenvalue weighted by Crippen LogP contribution is 2.31. The van der Waals surface area contributed by atoms with Gasteiger partial charge in [0.15, 0.2) is 0 Å². The number of hydrogen-bond acceptors (Lipinski definition) is 3. The first-order chi connectivity index (χ1) is 14.4. The number of carbonyl (C=O) groups is 1. The molecule has 0 bridgehead atoms. The maximum absolute atomic E-state index is 12.9. The van der Waals surface area contributed by atoms with Gasteiger partial charge >= 0.3 is 0 Å². The quantitative estimate of drug-likeness (QED) is 0.224. The van der Waals surface area contributed by atoms with Gasteiger partial charge in [-0.1, -0.05) is 48.5 Å². The van der Waals surface area contributed by atoms with Gasteiger partial charge in [-0.3, -0.25) is 10.2 Å². The Morgan fingerprint density at radius 2 is 1.70 bits per heavy atom. The maximum atomic E-state index is 12.9. The molecule has 0 unspecified atom stereocenters. The van der Waals surface area contributed by atoms with Crippen LogP contribution in [-0.4, -0.2) is 11.7 Å². The molecule has 4 aromatic rings. The predicted molar refractivity (Wildman–Crippen MR) is 124 cm³/mol. The molecule has 6 N–H and O–H groups in total. The second kappa shape index (κ2) is 7.72. The van der Waals surface area contributed by atoms with Crippen LogP contribution in [-0.2, 0) is 0 Å². The Balaban J connectivity index is 1.76. The Labute approximate surface area is 174 Å². The molecule has 0 aliphatic rings. The van der Waals surface area contributed by atoms with Gasteiger partial charge in [-0.25, -0.2) is 0 Å². The highest BCUT2D eigenvalue weighted by atomic mass is 16.1. The van der Waals surface area contributed by atoms with Crippen LogP contribution in [0.3, 0.4) is 0 Å². The molecule has 0 fully saturated rings. The van der Waals surface area contributed by atoms with Crippen molar-refractivity contribution in [1.82, 2.24) is 0 Å². The summed E-state index contributed by atoms with van der Waals surface area (Å²) >= 11 is 0. The standard InChI is InChI=1S/C25H22N4O/c1-15-5-2-7-18(13-15)29-25(30)21-9-3-6-16-14-17(11-12-19(16)21)20-8-4-10-22(26)23(20)24(27)28/h2-14H,26H2,1H3,(H3,27,28)(H,29,30). The summed E-state index contributed by atoms with van der Waals surface area (Å²) in [6.45, 7) is 1.99. The highest BCUT2D eigenvalue weighted by molar-refractivity contribution is 6.14. The van der Waals surface area contributed by atoms with Crippen molar-refractivity contribution in [3.05, 3.63) is 95.6 Å². The van der Waals surface area contributed by atoms with E-state index in [1.165, 1.54) is 0 Å². The van der Waals surface area contributed by atoms with Gasteiger partial charge in [0.2, 0.25) is 0 Å². The number of aryl methyl sites for hydroxylation is 1. The lowest BCUT2D eigenvalue weighted by atomic mass is 9.94. The molecule has 5 heteroatoms. The first kappa shape index (κ1) is 19.2. The third-order valence-corrected chi connectivity index (χ3v) is 5.08. The summed E-state index contributed by atoms with van der Waals surface area (Å²) in [6, 6.07) is 24.6. The van der Waals surface area contributed by atoms with Crippen LogP contribution in [0, 0.1) is 12.3 Å². The van der Waals surface area contributed by atoms with E-state index in [0.717, 1.165) is 33.2 Å². The SMILES string of the molecule is Cc1cccc(NC(=O)c2cccc3cc(-c4cccc(N)c4C(=N)N)ccc23)c1. The molecule has 0 aromatic heterocycles. The highest BCUT2D eigenvalue weighted by Gasteiger charge is 2.14.